The normalized spacial score (nSPS) is 14.4. The molecular formula is C16H14FN3OS. The quantitative estimate of drug-likeness (QED) is 0.804. The van der Waals surface area contributed by atoms with E-state index in [1.807, 2.05) is 16.0 Å². The van der Waals surface area contributed by atoms with Crippen LogP contribution in [0.15, 0.2) is 35.8 Å². The van der Waals surface area contributed by atoms with Crippen molar-refractivity contribution in [2.45, 2.75) is 25.3 Å². The summed E-state index contributed by atoms with van der Waals surface area (Å²) in [7, 11) is 0. The summed E-state index contributed by atoms with van der Waals surface area (Å²) in [5.74, 6) is -0.207. The van der Waals surface area contributed by atoms with E-state index < -0.39 is 0 Å². The molecule has 1 aliphatic carbocycles. The highest BCUT2D eigenvalue weighted by Crippen LogP contribution is 2.24. The number of rotatable bonds is 4. The minimum Gasteiger partial charge on any atom is -0.353 e. The Morgan fingerprint density at radius 3 is 2.86 bits per heavy atom. The van der Waals surface area contributed by atoms with Crippen molar-refractivity contribution in [3.05, 3.63) is 47.4 Å². The predicted octanol–water partition coefficient (Wildman–Crippen LogP) is 3.02. The zero-order valence-corrected chi connectivity index (χ0v) is 12.6. The molecule has 112 valence electrons. The van der Waals surface area contributed by atoms with Crippen LogP contribution in [0.4, 0.5) is 4.39 Å². The molecule has 0 bridgehead atoms. The van der Waals surface area contributed by atoms with Gasteiger partial charge in [-0.15, -0.1) is 11.3 Å². The van der Waals surface area contributed by atoms with Crippen LogP contribution in [0.25, 0.3) is 16.2 Å². The highest BCUT2D eigenvalue weighted by Gasteiger charge is 2.23. The van der Waals surface area contributed by atoms with E-state index in [9.17, 15) is 9.18 Å². The number of thiazole rings is 1. The van der Waals surface area contributed by atoms with E-state index in [-0.39, 0.29) is 11.7 Å². The average molecular weight is 315 g/mol. The standard InChI is InChI=1S/C16H14FN3OS/c17-11-3-1-10(2-4-11)14-8-20-13(9-22-16(20)19-14)7-15(21)18-12-5-6-12/h1-4,8-9,12H,5-7H2,(H,18,21). The van der Waals surface area contributed by atoms with Crippen molar-refractivity contribution in [1.29, 1.82) is 0 Å². The lowest BCUT2D eigenvalue weighted by Crippen LogP contribution is -2.27. The number of nitrogens with zero attached hydrogens (tertiary/aromatic N) is 2. The molecule has 3 aromatic rings. The Hall–Kier alpha value is -2.21. The van der Waals surface area contributed by atoms with E-state index in [1.54, 1.807) is 12.1 Å². The molecule has 0 aliphatic heterocycles. The highest BCUT2D eigenvalue weighted by molar-refractivity contribution is 7.15. The second kappa shape index (κ2) is 5.21. The first-order valence-electron chi connectivity index (χ1n) is 7.20. The van der Waals surface area contributed by atoms with Gasteiger partial charge in [0.25, 0.3) is 0 Å². The first-order chi connectivity index (χ1) is 10.7. The van der Waals surface area contributed by atoms with Gasteiger partial charge >= 0.3 is 0 Å². The lowest BCUT2D eigenvalue weighted by molar-refractivity contribution is -0.120. The zero-order chi connectivity index (χ0) is 15.1. The van der Waals surface area contributed by atoms with Crippen LogP contribution in [0.1, 0.15) is 18.5 Å². The Kier molecular flexibility index (Phi) is 3.18. The Labute approximate surface area is 130 Å². The number of aromatic nitrogens is 2. The first kappa shape index (κ1) is 13.5. The maximum atomic E-state index is 13.0. The van der Waals surface area contributed by atoms with Gasteiger partial charge in [0.2, 0.25) is 5.91 Å². The number of carbonyl (C=O) groups excluding carboxylic acids is 1. The number of carbonyl (C=O) groups is 1. The summed E-state index contributed by atoms with van der Waals surface area (Å²) in [4.78, 5) is 17.3. The number of amides is 1. The predicted molar refractivity (Wildman–Crippen MR) is 83.3 cm³/mol. The maximum Gasteiger partial charge on any atom is 0.226 e. The highest BCUT2D eigenvalue weighted by atomic mass is 32.1. The fourth-order valence-corrected chi connectivity index (χ4v) is 3.26. The minimum atomic E-state index is -0.262. The first-order valence-corrected chi connectivity index (χ1v) is 8.08. The van der Waals surface area contributed by atoms with Crippen molar-refractivity contribution in [3.63, 3.8) is 0 Å². The third-order valence-electron chi connectivity index (χ3n) is 3.71. The summed E-state index contributed by atoms with van der Waals surface area (Å²) in [6, 6.07) is 6.64. The molecule has 1 aliphatic rings. The molecule has 22 heavy (non-hydrogen) atoms. The van der Waals surface area contributed by atoms with Crippen LogP contribution in [0, 0.1) is 5.82 Å². The fraction of sp³-hybridized carbons (Fsp3) is 0.250. The van der Waals surface area contributed by atoms with Gasteiger partial charge in [0.15, 0.2) is 4.96 Å². The zero-order valence-electron chi connectivity index (χ0n) is 11.8. The molecule has 6 heteroatoms. The Balaban J connectivity index is 1.60. The summed E-state index contributed by atoms with van der Waals surface area (Å²) in [6.07, 6.45) is 4.43. The van der Waals surface area contributed by atoms with Gasteiger partial charge in [-0.05, 0) is 37.1 Å². The number of benzene rings is 1. The van der Waals surface area contributed by atoms with Crippen LogP contribution < -0.4 is 5.32 Å². The molecule has 0 saturated heterocycles. The van der Waals surface area contributed by atoms with Crippen LogP contribution in [0.2, 0.25) is 0 Å². The van der Waals surface area contributed by atoms with E-state index in [1.165, 1.54) is 23.5 Å². The van der Waals surface area contributed by atoms with Crippen LogP contribution >= 0.6 is 11.3 Å². The van der Waals surface area contributed by atoms with E-state index >= 15 is 0 Å². The van der Waals surface area contributed by atoms with Crippen LogP contribution in [-0.2, 0) is 11.2 Å². The van der Waals surface area contributed by atoms with Gasteiger partial charge in [-0.25, -0.2) is 9.37 Å². The smallest absolute Gasteiger partial charge is 0.226 e. The van der Waals surface area contributed by atoms with Crippen molar-refractivity contribution < 1.29 is 9.18 Å². The van der Waals surface area contributed by atoms with Crippen molar-refractivity contribution in [2.75, 3.05) is 0 Å². The van der Waals surface area contributed by atoms with E-state index in [2.05, 4.69) is 10.3 Å². The average Bonchev–Trinajstić information content (AvgIpc) is 3.08. The Bertz CT molecular complexity index is 833. The van der Waals surface area contributed by atoms with Crippen molar-refractivity contribution in [3.8, 4) is 11.3 Å². The molecule has 1 fully saturated rings. The molecule has 1 saturated carbocycles. The summed E-state index contributed by atoms with van der Waals surface area (Å²) in [6.45, 7) is 0. The van der Waals surface area contributed by atoms with Crippen LogP contribution in [0.5, 0.6) is 0 Å². The molecule has 1 N–H and O–H groups in total. The molecule has 2 aromatic heterocycles. The number of hydrogen-bond acceptors (Lipinski definition) is 3. The van der Waals surface area contributed by atoms with Crippen molar-refractivity contribution >= 4 is 22.2 Å². The maximum absolute atomic E-state index is 13.0. The fourth-order valence-electron chi connectivity index (χ4n) is 2.39. The summed E-state index contributed by atoms with van der Waals surface area (Å²) >= 11 is 1.51. The molecule has 4 rings (SSSR count). The number of imidazole rings is 1. The topological polar surface area (TPSA) is 46.4 Å². The number of hydrogen-bond donors (Lipinski definition) is 1. The number of fused-ring (bicyclic) bond motifs is 1. The van der Waals surface area contributed by atoms with Crippen molar-refractivity contribution in [2.24, 2.45) is 0 Å². The molecular weight excluding hydrogens is 301 g/mol. The SMILES string of the molecule is O=C(Cc1csc2nc(-c3ccc(F)cc3)cn12)NC1CC1. The second-order valence-electron chi connectivity index (χ2n) is 5.53. The Morgan fingerprint density at radius 1 is 1.36 bits per heavy atom. The van der Waals surface area contributed by atoms with Crippen LogP contribution in [0.3, 0.4) is 0 Å². The van der Waals surface area contributed by atoms with Crippen molar-refractivity contribution in [1.82, 2.24) is 14.7 Å². The molecule has 0 atom stereocenters. The molecule has 0 unspecified atom stereocenters. The molecule has 1 aromatic carbocycles. The monoisotopic (exact) mass is 315 g/mol. The van der Waals surface area contributed by atoms with Gasteiger partial charge in [-0.1, -0.05) is 0 Å². The van der Waals surface area contributed by atoms with Gasteiger partial charge in [-0.2, -0.15) is 0 Å². The molecule has 1 amide bonds. The summed E-state index contributed by atoms with van der Waals surface area (Å²) in [5, 5.41) is 4.95. The Morgan fingerprint density at radius 2 is 2.14 bits per heavy atom. The number of nitrogens with one attached hydrogen (secondary N) is 1. The van der Waals surface area contributed by atoms with Gasteiger partial charge < -0.3 is 5.32 Å². The van der Waals surface area contributed by atoms with Gasteiger partial charge in [-0.3, -0.25) is 9.20 Å². The van der Waals surface area contributed by atoms with Gasteiger partial charge in [0, 0.05) is 28.9 Å². The minimum absolute atomic E-state index is 0.0548. The second-order valence-corrected chi connectivity index (χ2v) is 6.37. The van der Waals surface area contributed by atoms with Crippen LogP contribution in [-0.4, -0.2) is 21.3 Å². The molecule has 0 radical (unpaired) electrons. The summed E-state index contributed by atoms with van der Waals surface area (Å²) in [5.41, 5.74) is 2.58. The molecule has 0 spiro atoms. The lowest BCUT2D eigenvalue weighted by atomic mass is 10.2. The summed E-state index contributed by atoms with van der Waals surface area (Å²) < 4.78 is 14.9. The van der Waals surface area contributed by atoms with Gasteiger partial charge in [0.05, 0.1) is 12.1 Å². The van der Waals surface area contributed by atoms with E-state index in [0.29, 0.717) is 12.5 Å². The lowest BCUT2D eigenvalue weighted by Gasteiger charge is -2.02. The third kappa shape index (κ3) is 2.62. The molecule has 2 heterocycles. The van der Waals surface area contributed by atoms with E-state index in [4.69, 9.17) is 0 Å². The largest absolute Gasteiger partial charge is 0.353 e. The van der Waals surface area contributed by atoms with Gasteiger partial charge in [0.1, 0.15) is 5.82 Å². The van der Waals surface area contributed by atoms with E-state index in [0.717, 1.165) is 34.8 Å². The third-order valence-corrected chi connectivity index (χ3v) is 4.60. The molecule has 4 nitrogen and oxygen atoms in total. The number of halogens is 1.